The molecule has 0 aromatic heterocycles. The number of carbonyl (C=O) groups excluding carboxylic acids is 1. The molecule has 0 spiro atoms. The van der Waals surface area contributed by atoms with Crippen LogP contribution < -0.4 is 8.92 Å². The van der Waals surface area contributed by atoms with Gasteiger partial charge >= 0.3 is 10.1 Å². The van der Waals surface area contributed by atoms with Gasteiger partial charge in [-0.3, -0.25) is 4.79 Å². The Morgan fingerprint density at radius 2 is 1.45 bits per heavy atom. The highest BCUT2D eigenvalue weighted by atomic mass is 32.2. The molecule has 0 aliphatic carbocycles. The third-order valence-electron chi connectivity index (χ3n) is 2.57. The molecule has 0 bridgehead atoms. The van der Waals surface area contributed by atoms with Crippen LogP contribution in [0.5, 0.6) is 11.5 Å². The molecule has 0 atom stereocenters. The van der Waals surface area contributed by atoms with E-state index >= 15 is 0 Å². The largest absolute Gasteiger partial charge is 0.497 e. The number of aldehydes is 1. The van der Waals surface area contributed by atoms with Crippen LogP contribution >= 0.6 is 0 Å². The first-order valence-corrected chi connectivity index (χ1v) is 7.10. The molecule has 2 aromatic carbocycles. The van der Waals surface area contributed by atoms with Gasteiger partial charge in [0.05, 0.1) is 7.11 Å². The molecule has 0 saturated carbocycles. The Hall–Kier alpha value is -2.34. The van der Waals surface area contributed by atoms with E-state index in [0.717, 1.165) is 0 Å². The topological polar surface area (TPSA) is 69.7 Å². The average Bonchev–Trinajstić information content (AvgIpc) is 2.48. The summed E-state index contributed by atoms with van der Waals surface area (Å²) in [6, 6.07) is 11.7. The minimum Gasteiger partial charge on any atom is -0.497 e. The van der Waals surface area contributed by atoms with Crippen LogP contribution in [0.2, 0.25) is 0 Å². The summed E-state index contributed by atoms with van der Waals surface area (Å²) < 4.78 is 34.0. The lowest BCUT2D eigenvalue weighted by Crippen LogP contribution is -2.09. The molecule has 5 nitrogen and oxygen atoms in total. The third-order valence-corrected chi connectivity index (χ3v) is 3.83. The van der Waals surface area contributed by atoms with Crippen molar-refractivity contribution in [3.8, 4) is 11.5 Å². The van der Waals surface area contributed by atoms with E-state index in [1.165, 1.54) is 55.6 Å². The molecule has 0 heterocycles. The van der Waals surface area contributed by atoms with Crippen LogP contribution in [0.1, 0.15) is 10.4 Å². The molecule has 0 N–H and O–H groups in total. The van der Waals surface area contributed by atoms with Crippen LogP contribution in [0.3, 0.4) is 0 Å². The predicted octanol–water partition coefficient (Wildman–Crippen LogP) is 2.28. The van der Waals surface area contributed by atoms with Crippen LogP contribution in [0, 0.1) is 0 Å². The number of benzene rings is 2. The van der Waals surface area contributed by atoms with Gasteiger partial charge in [0.15, 0.2) is 0 Å². The van der Waals surface area contributed by atoms with Crippen molar-refractivity contribution in [2.24, 2.45) is 0 Å². The van der Waals surface area contributed by atoms with Gasteiger partial charge in [-0.1, -0.05) is 0 Å². The first kappa shape index (κ1) is 14.1. The van der Waals surface area contributed by atoms with Crippen LogP contribution in [0.25, 0.3) is 0 Å². The molecular weight excluding hydrogens is 280 g/mol. The SMILES string of the molecule is COc1ccc(S(=O)(=O)Oc2ccc(C=O)cc2)cc1. The van der Waals surface area contributed by atoms with Crippen LogP contribution in [-0.2, 0) is 10.1 Å². The van der Waals surface area contributed by atoms with E-state index in [1.807, 2.05) is 0 Å². The lowest BCUT2D eigenvalue weighted by Gasteiger charge is -2.07. The molecule has 0 aliphatic heterocycles. The van der Waals surface area contributed by atoms with Gasteiger partial charge in [-0.2, -0.15) is 8.42 Å². The van der Waals surface area contributed by atoms with Crippen molar-refractivity contribution in [3.63, 3.8) is 0 Å². The average molecular weight is 292 g/mol. The quantitative estimate of drug-likeness (QED) is 0.624. The van der Waals surface area contributed by atoms with E-state index < -0.39 is 10.1 Å². The highest BCUT2D eigenvalue weighted by molar-refractivity contribution is 7.87. The summed E-state index contributed by atoms with van der Waals surface area (Å²) in [7, 11) is -2.41. The maximum Gasteiger partial charge on any atom is 0.339 e. The van der Waals surface area contributed by atoms with Gasteiger partial charge in [-0.05, 0) is 48.5 Å². The normalized spacial score (nSPS) is 10.8. The van der Waals surface area contributed by atoms with Crippen molar-refractivity contribution in [2.45, 2.75) is 4.90 Å². The summed E-state index contributed by atoms with van der Waals surface area (Å²) in [6.07, 6.45) is 0.668. The predicted molar refractivity (Wildman–Crippen MR) is 72.6 cm³/mol. The fourth-order valence-corrected chi connectivity index (χ4v) is 2.45. The lowest BCUT2D eigenvalue weighted by molar-refractivity contribution is 0.112. The Bertz CT molecular complexity index is 687. The standard InChI is InChI=1S/C14H12O5S/c1-18-12-6-8-14(9-7-12)20(16,17)19-13-4-2-11(10-15)3-5-13/h2-10H,1H3. The number of hydrogen-bond donors (Lipinski definition) is 0. The Balaban J connectivity index is 2.22. The molecule has 6 heteroatoms. The molecule has 2 rings (SSSR count). The second-order valence-electron chi connectivity index (χ2n) is 3.90. The minimum atomic E-state index is -3.90. The first-order chi connectivity index (χ1) is 9.55. The Kier molecular flexibility index (Phi) is 4.05. The number of carbonyl (C=O) groups is 1. The zero-order valence-corrected chi connectivity index (χ0v) is 11.5. The maximum absolute atomic E-state index is 12.0. The van der Waals surface area contributed by atoms with Crippen LogP contribution in [0.4, 0.5) is 0 Å². The van der Waals surface area contributed by atoms with E-state index in [1.54, 1.807) is 0 Å². The van der Waals surface area contributed by atoms with Gasteiger partial charge in [0.2, 0.25) is 0 Å². The van der Waals surface area contributed by atoms with Gasteiger partial charge in [0.25, 0.3) is 0 Å². The van der Waals surface area contributed by atoms with E-state index in [9.17, 15) is 13.2 Å². The summed E-state index contributed by atoms with van der Waals surface area (Å²) in [4.78, 5) is 10.5. The molecule has 20 heavy (non-hydrogen) atoms. The number of methoxy groups -OCH3 is 1. The molecule has 0 amide bonds. The number of rotatable bonds is 5. The number of ether oxygens (including phenoxy) is 1. The molecular formula is C14H12O5S. The second-order valence-corrected chi connectivity index (χ2v) is 5.45. The first-order valence-electron chi connectivity index (χ1n) is 5.69. The molecule has 104 valence electrons. The fourth-order valence-electron chi connectivity index (χ4n) is 1.52. The van der Waals surface area contributed by atoms with Crippen molar-refractivity contribution in [3.05, 3.63) is 54.1 Å². The third kappa shape index (κ3) is 3.16. The highest BCUT2D eigenvalue weighted by Gasteiger charge is 2.16. The van der Waals surface area contributed by atoms with Crippen molar-refractivity contribution >= 4 is 16.4 Å². The minimum absolute atomic E-state index is 0.0257. The second kappa shape index (κ2) is 5.75. The van der Waals surface area contributed by atoms with Crippen LogP contribution in [-0.4, -0.2) is 21.8 Å². The van der Waals surface area contributed by atoms with Crippen molar-refractivity contribution in [2.75, 3.05) is 7.11 Å². The van der Waals surface area contributed by atoms with Gasteiger partial charge < -0.3 is 8.92 Å². The van der Waals surface area contributed by atoms with Crippen molar-refractivity contribution in [1.82, 2.24) is 0 Å². The molecule has 0 fully saturated rings. The molecule has 0 aliphatic rings. The zero-order chi connectivity index (χ0) is 14.6. The van der Waals surface area contributed by atoms with Gasteiger partial charge in [-0.25, -0.2) is 0 Å². The van der Waals surface area contributed by atoms with E-state index in [4.69, 9.17) is 8.92 Å². The van der Waals surface area contributed by atoms with Gasteiger partial charge in [-0.15, -0.1) is 0 Å². The van der Waals surface area contributed by atoms with E-state index in [0.29, 0.717) is 17.6 Å². The summed E-state index contributed by atoms with van der Waals surface area (Å²) in [5, 5.41) is 0. The smallest absolute Gasteiger partial charge is 0.339 e. The summed E-state index contributed by atoms with van der Waals surface area (Å²) in [5.74, 6) is 0.700. The molecule has 0 radical (unpaired) electrons. The fraction of sp³-hybridized carbons (Fsp3) is 0.0714. The molecule has 0 saturated heterocycles. The molecule has 0 unspecified atom stereocenters. The summed E-state index contributed by atoms with van der Waals surface area (Å²) in [6.45, 7) is 0. The van der Waals surface area contributed by atoms with E-state index in [2.05, 4.69) is 0 Å². The summed E-state index contributed by atoms with van der Waals surface area (Å²) >= 11 is 0. The zero-order valence-electron chi connectivity index (χ0n) is 10.6. The van der Waals surface area contributed by atoms with Crippen molar-refractivity contribution in [1.29, 1.82) is 0 Å². The van der Waals surface area contributed by atoms with Crippen LogP contribution in [0.15, 0.2) is 53.4 Å². The monoisotopic (exact) mass is 292 g/mol. The molecule has 2 aromatic rings. The Morgan fingerprint density at radius 3 is 1.95 bits per heavy atom. The Morgan fingerprint density at radius 1 is 0.900 bits per heavy atom. The van der Waals surface area contributed by atoms with E-state index in [-0.39, 0.29) is 10.6 Å². The number of hydrogen-bond acceptors (Lipinski definition) is 5. The summed E-state index contributed by atoms with van der Waals surface area (Å²) in [5.41, 5.74) is 0.444. The highest BCUT2D eigenvalue weighted by Crippen LogP contribution is 2.21. The maximum atomic E-state index is 12.0. The lowest BCUT2D eigenvalue weighted by atomic mass is 10.2. The van der Waals surface area contributed by atoms with Gasteiger partial charge in [0.1, 0.15) is 22.7 Å². The van der Waals surface area contributed by atoms with Gasteiger partial charge in [0, 0.05) is 5.56 Å². The van der Waals surface area contributed by atoms with Crippen molar-refractivity contribution < 1.29 is 22.1 Å². The Labute approximate surface area is 116 Å².